The Morgan fingerprint density at radius 2 is 1.67 bits per heavy atom. The second-order valence-electron chi connectivity index (χ2n) is 7.88. The third-order valence-corrected chi connectivity index (χ3v) is 7.69. The summed E-state index contributed by atoms with van der Waals surface area (Å²) < 4.78 is 0.740. The first kappa shape index (κ1) is 21.3. The lowest BCUT2D eigenvalue weighted by Crippen LogP contribution is -2.42. The summed E-state index contributed by atoms with van der Waals surface area (Å²) in [4.78, 5) is 29.3. The van der Waals surface area contributed by atoms with Gasteiger partial charge in [-0.25, -0.2) is 0 Å². The molecule has 2 aliphatic rings. The molecule has 0 bridgehead atoms. The molecule has 1 aromatic heterocycles. The summed E-state index contributed by atoms with van der Waals surface area (Å²) in [5.74, 6) is 0.526. The number of aromatic nitrogens is 2. The number of hydrogen-bond donors (Lipinski definition) is 0. The lowest BCUT2D eigenvalue weighted by Gasteiger charge is -2.34. The summed E-state index contributed by atoms with van der Waals surface area (Å²) in [6.45, 7) is 1.87. The monoisotopic (exact) mass is 444 g/mol. The minimum absolute atomic E-state index is 0.0915. The summed E-state index contributed by atoms with van der Waals surface area (Å²) >= 11 is 2.83. The van der Waals surface area contributed by atoms with Crippen molar-refractivity contribution in [1.29, 1.82) is 0 Å². The molecule has 2 aromatic rings. The van der Waals surface area contributed by atoms with Crippen molar-refractivity contribution in [3.63, 3.8) is 0 Å². The van der Waals surface area contributed by atoms with Gasteiger partial charge in [0, 0.05) is 24.2 Å². The first-order valence-corrected chi connectivity index (χ1v) is 12.6. The van der Waals surface area contributed by atoms with Crippen molar-refractivity contribution in [3.05, 3.63) is 30.3 Å². The van der Waals surface area contributed by atoms with Gasteiger partial charge in [0.1, 0.15) is 0 Å². The van der Waals surface area contributed by atoms with Gasteiger partial charge in [0.15, 0.2) is 4.34 Å². The van der Waals surface area contributed by atoms with Gasteiger partial charge in [-0.1, -0.05) is 67.5 Å². The van der Waals surface area contributed by atoms with Gasteiger partial charge in [0.25, 0.3) is 0 Å². The molecular weight excluding hydrogens is 416 g/mol. The lowest BCUT2D eigenvalue weighted by atomic mass is 9.93. The molecular formula is C22H28N4O2S2. The van der Waals surface area contributed by atoms with Crippen LogP contribution in [0.25, 0.3) is 0 Å². The molecule has 1 aromatic carbocycles. The second-order valence-corrected chi connectivity index (χ2v) is 10.1. The van der Waals surface area contributed by atoms with E-state index in [0.29, 0.717) is 17.3 Å². The van der Waals surface area contributed by atoms with Crippen LogP contribution in [0.5, 0.6) is 0 Å². The van der Waals surface area contributed by atoms with Crippen molar-refractivity contribution in [3.8, 4) is 0 Å². The van der Waals surface area contributed by atoms with Crippen molar-refractivity contribution in [2.45, 2.75) is 74.7 Å². The van der Waals surface area contributed by atoms with Crippen LogP contribution in [0.3, 0.4) is 0 Å². The summed E-state index contributed by atoms with van der Waals surface area (Å²) in [7, 11) is 0. The van der Waals surface area contributed by atoms with E-state index in [1.165, 1.54) is 42.4 Å². The number of carbonyl (C=O) groups is 2. The molecule has 160 valence electrons. The second kappa shape index (κ2) is 9.92. The summed E-state index contributed by atoms with van der Waals surface area (Å²) in [5.41, 5.74) is 0.974. The van der Waals surface area contributed by atoms with Crippen LogP contribution in [-0.2, 0) is 9.59 Å². The minimum atomic E-state index is 0.0915. The minimum Gasteiger partial charge on any atom is -0.309 e. The van der Waals surface area contributed by atoms with Crippen LogP contribution >= 0.6 is 23.1 Å². The van der Waals surface area contributed by atoms with Gasteiger partial charge in [-0.15, -0.1) is 10.2 Å². The van der Waals surface area contributed by atoms with Gasteiger partial charge in [-0.2, -0.15) is 0 Å². The third-order valence-electron chi connectivity index (χ3n) is 5.65. The van der Waals surface area contributed by atoms with Crippen molar-refractivity contribution in [1.82, 2.24) is 10.2 Å². The number of benzene rings is 1. The number of para-hydroxylation sites is 1. The Kier molecular flexibility index (Phi) is 7.04. The summed E-state index contributed by atoms with van der Waals surface area (Å²) in [6.07, 6.45) is 8.24. The van der Waals surface area contributed by atoms with E-state index < -0.39 is 0 Å². The number of amides is 2. The highest BCUT2D eigenvalue weighted by atomic mass is 32.2. The molecule has 30 heavy (non-hydrogen) atoms. The van der Waals surface area contributed by atoms with Crippen LogP contribution in [0, 0.1) is 0 Å². The Hall–Kier alpha value is -1.93. The first-order chi connectivity index (χ1) is 14.7. The van der Waals surface area contributed by atoms with Crippen molar-refractivity contribution < 1.29 is 9.59 Å². The highest BCUT2D eigenvalue weighted by Gasteiger charge is 2.35. The van der Waals surface area contributed by atoms with E-state index >= 15 is 0 Å². The van der Waals surface area contributed by atoms with Gasteiger partial charge in [-0.05, 0) is 37.8 Å². The predicted molar refractivity (Wildman–Crippen MR) is 122 cm³/mol. The summed E-state index contributed by atoms with van der Waals surface area (Å²) in [6, 6.07) is 10.5. The maximum Gasteiger partial charge on any atom is 0.237 e. The zero-order valence-electron chi connectivity index (χ0n) is 17.3. The van der Waals surface area contributed by atoms with Gasteiger partial charge in [0.05, 0.1) is 5.75 Å². The highest BCUT2D eigenvalue weighted by molar-refractivity contribution is 8.01. The lowest BCUT2D eigenvalue weighted by molar-refractivity contribution is -0.118. The fourth-order valence-corrected chi connectivity index (χ4v) is 5.80. The quantitative estimate of drug-likeness (QED) is 0.428. The van der Waals surface area contributed by atoms with Gasteiger partial charge >= 0.3 is 0 Å². The Morgan fingerprint density at radius 3 is 2.33 bits per heavy atom. The maximum absolute atomic E-state index is 13.2. The molecule has 6 nitrogen and oxygen atoms in total. The van der Waals surface area contributed by atoms with Crippen LogP contribution in [0.4, 0.5) is 10.8 Å². The maximum atomic E-state index is 13.2. The van der Waals surface area contributed by atoms with Gasteiger partial charge in [-0.3, -0.25) is 14.5 Å². The first-order valence-electron chi connectivity index (χ1n) is 10.8. The molecule has 2 fully saturated rings. The highest BCUT2D eigenvalue weighted by Crippen LogP contribution is 2.36. The Morgan fingerprint density at radius 1 is 0.967 bits per heavy atom. The number of hydrogen-bond acceptors (Lipinski definition) is 6. The van der Waals surface area contributed by atoms with Crippen LogP contribution in [0.1, 0.15) is 58.3 Å². The SMILES string of the molecule is CCC(=O)N(c1nnc(SCC(=O)N(c2ccccc2)C2CCCCC2)s1)C1CC1. The van der Waals surface area contributed by atoms with E-state index in [-0.39, 0.29) is 23.9 Å². The van der Waals surface area contributed by atoms with Crippen LogP contribution in [0.15, 0.2) is 34.7 Å². The fraction of sp³-hybridized carbons (Fsp3) is 0.545. The zero-order valence-corrected chi connectivity index (χ0v) is 19.0. The van der Waals surface area contributed by atoms with Crippen LogP contribution < -0.4 is 9.80 Å². The number of carbonyl (C=O) groups excluding carboxylic acids is 2. The zero-order chi connectivity index (χ0) is 20.9. The molecule has 0 unspecified atom stereocenters. The molecule has 0 spiro atoms. The largest absolute Gasteiger partial charge is 0.309 e. The van der Waals surface area contributed by atoms with Crippen molar-refractivity contribution >= 4 is 45.7 Å². The molecule has 0 atom stereocenters. The molecule has 0 radical (unpaired) electrons. The van der Waals surface area contributed by atoms with E-state index in [2.05, 4.69) is 10.2 Å². The third kappa shape index (κ3) is 5.03. The van der Waals surface area contributed by atoms with Crippen LogP contribution in [0.2, 0.25) is 0 Å². The van der Waals surface area contributed by atoms with E-state index in [0.717, 1.165) is 35.7 Å². The molecule has 2 saturated carbocycles. The smallest absolute Gasteiger partial charge is 0.237 e. The topological polar surface area (TPSA) is 66.4 Å². The van der Waals surface area contributed by atoms with Crippen molar-refractivity contribution in [2.24, 2.45) is 0 Å². The predicted octanol–water partition coefficient (Wildman–Crippen LogP) is 4.90. The number of thioether (sulfide) groups is 1. The Labute approximate surface area is 186 Å². The fourth-order valence-electron chi connectivity index (χ4n) is 4.01. The summed E-state index contributed by atoms with van der Waals surface area (Å²) in [5, 5.41) is 9.15. The number of anilines is 2. The molecule has 2 amide bonds. The number of rotatable bonds is 8. The van der Waals surface area contributed by atoms with E-state index in [9.17, 15) is 9.59 Å². The van der Waals surface area contributed by atoms with Gasteiger partial charge in [0.2, 0.25) is 16.9 Å². The molecule has 1 heterocycles. The van der Waals surface area contributed by atoms with E-state index in [1.807, 2.05) is 42.2 Å². The number of nitrogens with zero attached hydrogens (tertiary/aromatic N) is 4. The standard InChI is InChI=1S/C22H28N4O2S2/c1-2-19(27)26(18-13-14-18)21-23-24-22(30-21)29-15-20(28)25(16-9-5-3-6-10-16)17-11-7-4-8-12-17/h3,5-6,9-10,17-18H,2,4,7-8,11-15H2,1H3. The molecule has 0 aliphatic heterocycles. The van der Waals surface area contributed by atoms with Crippen molar-refractivity contribution in [2.75, 3.05) is 15.6 Å². The average Bonchev–Trinajstić information content (AvgIpc) is 3.51. The molecule has 0 saturated heterocycles. The van der Waals surface area contributed by atoms with E-state index in [1.54, 1.807) is 4.90 Å². The van der Waals surface area contributed by atoms with Gasteiger partial charge < -0.3 is 4.90 Å². The normalized spacial score (nSPS) is 17.0. The molecule has 4 rings (SSSR count). The Balaban J connectivity index is 1.43. The molecule has 8 heteroatoms. The average molecular weight is 445 g/mol. The van der Waals surface area contributed by atoms with Crippen LogP contribution in [-0.4, -0.2) is 39.8 Å². The van der Waals surface area contributed by atoms with E-state index in [4.69, 9.17) is 0 Å². The molecule has 2 aliphatic carbocycles. The Bertz CT molecular complexity index is 863. The molecule has 0 N–H and O–H groups in total.